The smallest absolute Gasteiger partial charge is 0.261 e. The van der Waals surface area contributed by atoms with E-state index in [1.165, 1.54) is 42.5 Å². The third-order valence-corrected chi connectivity index (χ3v) is 6.62. The highest BCUT2D eigenvalue weighted by Crippen LogP contribution is 2.29. The van der Waals surface area contributed by atoms with Crippen molar-refractivity contribution in [2.24, 2.45) is 0 Å². The van der Waals surface area contributed by atoms with Gasteiger partial charge in [-0.2, -0.15) is 0 Å². The molecule has 4 rings (SSSR count). The van der Waals surface area contributed by atoms with Crippen molar-refractivity contribution in [3.05, 3.63) is 45.5 Å². The predicted molar refractivity (Wildman–Crippen MR) is 100 cm³/mol. The summed E-state index contributed by atoms with van der Waals surface area (Å²) >= 11 is 1.69. The van der Waals surface area contributed by atoms with Crippen LogP contribution in [0, 0.1) is 0 Å². The number of hydrogen-bond acceptors (Lipinski definition) is 4. The zero-order valence-corrected chi connectivity index (χ0v) is 15.4. The van der Waals surface area contributed by atoms with Gasteiger partial charge in [0.25, 0.3) is 5.91 Å². The van der Waals surface area contributed by atoms with E-state index >= 15 is 0 Å². The quantitative estimate of drug-likeness (QED) is 0.816. The molecule has 1 aliphatic carbocycles. The molecule has 2 aromatic rings. The van der Waals surface area contributed by atoms with Crippen molar-refractivity contribution in [3.8, 4) is 0 Å². The molecular formula is C20H26N2O2S. The number of fused-ring (bicyclic) bond motifs is 1. The second-order valence-corrected chi connectivity index (χ2v) is 8.24. The largest absolute Gasteiger partial charge is 0.468 e. The van der Waals surface area contributed by atoms with Crippen LogP contribution in [-0.2, 0) is 12.8 Å². The second-order valence-electron chi connectivity index (χ2n) is 7.10. The normalized spacial score (nSPS) is 19.4. The standard InChI is InChI=1S/C20H26N2O2S/c23-20(19-13-15-7-2-1-3-9-18(15)25-19)21-14-16(17-8-6-12-24-17)22-10-4-5-11-22/h6,8,12-13,16H,1-5,7,9-11,14H2,(H,21,23)/t16-/m0/s1. The Morgan fingerprint density at radius 1 is 1.20 bits per heavy atom. The van der Waals surface area contributed by atoms with Crippen molar-refractivity contribution < 1.29 is 9.21 Å². The van der Waals surface area contributed by atoms with E-state index in [4.69, 9.17) is 4.42 Å². The van der Waals surface area contributed by atoms with Crippen LogP contribution < -0.4 is 5.32 Å². The average Bonchev–Trinajstić information content (AvgIpc) is 3.36. The lowest BCUT2D eigenvalue weighted by molar-refractivity contribution is 0.0938. The molecule has 2 aromatic heterocycles. The molecule has 1 fully saturated rings. The fourth-order valence-electron chi connectivity index (χ4n) is 4.00. The molecule has 134 valence electrons. The summed E-state index contributed by atoms with van der Waals surface area (Å²) in [6, 6.07) is 6.21. The molecule has 1 aliphatic heterocycles. The number of hydrogen-bond donors (Lipinski definition) is 1. The van der Waals surface area contributed by atoms with Crippen LogP contribution >= 0.6 is 11.3 Å². The number of amides is 1. The van der Waals surface area contributed by atoms with Crippen molar-refractivity contribution in [2.75, 3.05) is 19.6 Å². The van der Waals surface area contributed by atoms with E-state index < -0.39 is 0 Å². The minimum Gasteiger partial charge on any atom is -0.468 e. The van der Waals surface area contributed by atoms with Gasteiger partial charge in [0.2, 0.25) is 0 Å². The fraction of sp³-hybridized carbons (Fsp3) is 0.550. The zero-order chi connectivity index (χ0) is 17.1. The van der Waals surface area contributed by atoms with Crippen molar-refractivity contribution in [1.29, 1.82) is 0 Å². The molecule has 1 amide bonds. The lowest BCUT2D eigenvalue weighted by Gasteiger charge is -2.25. The summed E-state index contributed by atoms with van der Waals surface area (Å²) < 4.78 is 5.64. The summed E-state index contributed by atoms with van der Waals surface area (Å²) in [5, 5.41) is 3.16. The number of rotatable bonds is 5. The molecule has 0 radical (unpaired) electrons. The molecule has 1 saturated heterocycles. The Morgan fingerprint density at radius 3 is 2.84 bits per heavy atom. The molecule has 0 spiro atoms. The van der Waals surface area contributed by atoms with Crippen LogP contribution in [0.4, 0.5) is 0 Å². The van der Waals surface area contributed by atoms with Gasteiger partial charge in [0, 0.05) is 11.4 Å². The molecule has 0 bridgehead atoms. The van der Waals surface area contributed by atoms with Gasteiger partial charge in [-0.15, -0.1) is 11.3 Å². The Morgan fingerprint density at radius 2 is 2.04 bits per heavy atom. The maximum absolute atomic E-state index is 12.7. The second kappa shape index (κ2) is 7.75. The van der Waals surface area contributed by atoms with E-state index in [-0.39, 0.29) is 11.9 Å². The highest BCUT2D eigenvalue weighted by Gasteiger charge is 2.26. The van der Waals surface area contributed by atoms with Crippen molar-refractivity contribution in [2.45, 2.75) is 51.0 Å². The Bertz CT molecular complexity index is 678. The molecule has 0 unspecified atom stereocenters. The van der Waals surface area contributed by atoms with Crippen LogP contribution in [0.15, 0.2) is 28.9 Å². The summed E-state index contributed by atoms with van der Waals surface area (Å²) in [5.74, 6) is 1.01. The number of thiophene rings is 1. The monoisotopic (exact) mass is 358 g/mol. The summed E-state index contributed by atoms with van der Waals surface area (Å²) in [7, 11) is 0. The summed E-state index contributed by atoms with van der Waals surface area (Å²) in [6.45, 7) is 2.76. The molecule has 5 heteroatoms. The van der Waals surface area contributed by atoms with Gasteiger partial charge in [-0.1, -0.05) is 6.42 Å². The number of carbonyl (C=O) groups is 1. The molecule has 3 heterocycles. The Kier molecular flexibility index (Phi) is 5.22. The van der Waals surface area contributed by atoms with Gasteiger partial charge >= 0.3 is 0 Å². The van der Waals surface area contributed by atoms with Gasteiger partial charge in [-0.25, -0.2) is 0 Å². The highest BCUT2D eigenvalue weighted by atomic mass is 32.1. The van der Waals surface area contributed by atoms with Crippen molar-refractivity contribution in [3.63, 3.8) is 0 Å². The van der Waals surface area contributed by atoms with Crippen molar-refractivity contribution in [1.82, 2.24) is 10.2 Å². The Hall–Kier alpha value is -1.59. The van der Waals surface area contributed by atoms with Gasteiger partial charge in [0.15, 0.2) is 0 Å². The van der Waals surface area contributed by atoms with E-state index in [1.54, 1.807) is 17.6 Å². The molecule has 1 atom stereocenters. The number of aryl methyl sites for hydroxylation is 2. The van der Waals surface area contributed by atoms with E-state index in [9.17, 15) is 4.79 Å². The first-order valence-corrected chi connectivity index (χ1v) is 10.3. The number of likely N-dealkylation sites (tertiary alicyclic amines) is 1. The SMILES string of the molecule is O=C(NC[C@@H](c1ccco1)N1CCCC1)c1cc2c(s1)CCCCC2. The topological polar surface area (TPSA) is 45.5 Å². The number of nitrogens with one attached hydrogen (secondary N) is 1. The van der Waals surface area contributed by atoms with Gasteiger partial charge in [0.1, 0.15) is 5.76 Å². The van der Waals surface area contributed by atoms with Crippen molar-refractivity contribution >= 4 is 17.2 Å². The van der Waals surface area contributed by atoms with Gasteiger partial charge in [0.05, 0.1) is 17.2 Å². The molecule has 25 heavy (non-hydrogen) atoms. The maximum Gasteiger partial charge on any atom is 0.261 e. The number of carbonyl (C=O) groups excluding carboxylic acids is 1. The van der Waals surface area contributed by atoms with E-state index in [0.29, 0.717) is 6.54 Å². The molecule has 0 saturated carbocycles. The summed E-state index contributed by atoms with van der Waals surface area (Å²) in [4.78, 5) is 17.4. The molecule has 1 N–H and O–H groups in total. The third-order valence-electron chi connectivity index (χ3n) is 5.38. The first kappa shape index (κ1) is 16.9. The number of furan rings is 1. The van der Waals surface area contributed by atoms with Crippen LogP contribution in [0.2, 0.25) is 0 Å². The Labute approximate surface area is 153 Å². The third kappa shape index (κ3) is 3.82. The summed E-state index contributed by atoms with van der Waals surface area (Å²) in [5.41, 5.74) is 1.40. The van der Waals surface area contributed by atoms with Crippen LogP contribution in [0.1, 0.15) is 64.0 Å². The Balaban J connectivity index is 1.43. The molecule has 0 aromatic carbocycles. The minimum absolute atomic E-state index is 0.0637. The number of nitrogens with zero attached hydrogens (tertiary/aromatic N) is 1. The average molecular weight is 359 g/mol. The first-order valence-electron chi connectivity index (χ1n) is 9.48. The van der Waals surface area contributed by atoms with Crippen LogP contribution in [0.3, 0.4) is 0 Å². The van der Waals surface area contributed by atoms with Crippen LogP contribution in [0.5, 0.6) is 0 Å². The first-order chi connectivity index (χ1) is 12.3. The summed E-state index contributed by atoms with van der Waals surface area (Å²) in [6.07, 6.45) is 10.2. The molecular weight excluding hydrogens is 332 g/mol. The molecule has 4 nitrogen and oxygen atoms in total. The fourth-order valence-corrected chi connectivity index (χ4v) is 5.17. The van der Waals surface area contributed by atoms with E-state index in [1.807, 2.05) is 12.1 Å². The van der Waals surface area contributed by atoms with Gasteiger partial charge in [-0.3, -0.25) is 9.69 Å². The zero-order valence-electron chi connectivity index (χ0n) is 14.6. The highest BCUT2D eigenvalue weighted by molar-refractivity contribution is 7.14. The van der Waals surface area contributed by atoms with Gasteiger partial charge < -0.3 is 9.73 Å². The maximum atomic E-state index is 12.7. The van der Waals surface area contributed by atoms with Gasteiger partial charge in [-0.05, 0) is 75.4 Å². The van der Waals surface area contributed by atoms with E-state index in [0.717, 1.165) is 36.6 Å². The van der Waals surface area contributed by atoms with E-state index in [2.05, 4.69) is 16.3 Å². The minimum atomic E-state index is 0.0637. The van der Waals surface area contributed by atoms with Crippen LogP contribution in [-0.4, -0.2) is 30.4 Å². The lowest BCUT2D eigenvalue weighted by atomic mass is 10.1. The lowest BCUT2D eigenvalue weighted by Crippen LogP contribution is -2.36. The van der Waals surface area contributed by atoms with Crippen LogP contribution in [0.25, 0.3) is 0 Å². The molecule has 2 aliphatic rings. The predicted octanol–water partition coefficient (Wildman–Crippen LogP) is 4.18.